The van der Waals surface area contributed by atoms with Crippen molar-refractivity contribution < 1.29 is 4.74 Å². The van der Waals surface area contributed by atoms with Crippen molar-refractivity contribution >= 4 is 11.1 Å². The first-order valence-electron chi connectivity index (χ1n) is 13.1. The maximum absolute atomic E-state index is 6.08. The summed E-state index contributed by atoms with van der Waals surface area (Å²) < 4.78 is 6.08. The molecule has 1 saturated heterocycles. The SMILES string of the molecule is CCCCc1ccc(/C(=C(\CC)c2ccccc2)c2ccc(OCCN3CCCC3)cc2)cc1. The van der Waals surface area contributed by atoms with E-state index in [0.29, 0.717) is 0 Å². The van der Waals surface area contributed by atoms with Gasteiger partial charge in [0.2, 0.25) is 0 Å². The average Bonchev–Trinajstić information content (AvgIpc) is 3.41. The van der Waals surface area contributed by atoms with Gasteiger partial charge in [-0.1, -0.05) is 87.0 Å². The Morgan fingerprint density at radius 1 is 0.765 bits per heavy atom. The van der Waals surface area contributed by atoms with Gasteiger partial charge in [-0.15, -0.1) is 0 Å². The lowest BCUT2D eigenvalue weighted by Gasteiger charge is -2.18. The van der Waals surface area contributed by atoms with Gasteiger partial charge < -0.3 is 4.74 Å². The molecule has 0 N–H and O–H groups in total. The third-order valence-electron chi connectivity index (χ3n) is 6.86. The van der Waals surface area contributed by atoms with Gasteiger partial charge in [-0.2, -0.15) is 0 Å². The first kappa shape index (κ1) is 24.3. The highest BCUT2D eigenvalue weighted by atomic mass is 16.5. The van der Waals surface area contributed by atoms with Crippen LogP contribution in [-0.4, -0.2) is 31.1 Å². The van der Waals surface area contributed by atoms with Gasteiger partial charge in [0.15, 0.2) is 0 Å². The van der Waals surface area contributed by atoms with Crippen LogP contribution in [0.1, 0.15) is 68.2 Å². The van der Waals surface area contributed by atoms with E-state index < -0.39 is 0 Å². The summed E-state index contributed by atoms with van der Waals surface area (Å²) in [4.78, 5) is 2.49. The van der Waals surface area contributed by atoms with Crippen molar-refractivity contribution in [3.63, 3.8) is 0 Å². The Labute approximate surface area is 206 Å². The Morgan fingerprint density at radius 2 is 1.41 bits per heavy atom. The fraction of sp³-hybridized carbons (Fsp3) is 0.375. The van der Waals surface area contributed by atoms with Gasteiger partial charge in [0.25, 0.3) is 0 Å². The molecule has 0 aliphatic carbocycles. The lowest BCUT2D eigenvalue weighted by Crippen LogP contribution is -2.25. The number of ether oxygens (including phenoxy) is 1. The summed E-state index contributed by atoms with van der Waals surface area (Å²) in [6.07, 6.45) is 7.25. The maximum Gasteiger partial charge on any atom is 0.119 e. The smallest absolute Gasteiger partial charge is 0.119 e. The van der Waals surface area contributed by atoms with Crippen LogP contribution < -0.4 is 4.74 Å². The molecule has 1 aliphatic heterocycles. The standard InChI is InChI=1S/C32H39NO/c1-3-5-11-26-14-16-28(17-15-26)32(31(4-2)27-12-7-6-8-13-27)29-18-20-30(21-19-29)34-25-24-33-22-9-10-23-33/h6-8,12-21H,3-5,9-11,22-25H2,1-2H3/b32-31-. The van der Waals surface area contributed by atoms with Crippen LogP contribution in [0.25, 0.3) is 11.1 Å². The van der Waals surface area contributed by atoms with Crippen LogP contribution in [0.2, 0.25) is 0 Å². The number of unbranched alkanes of at least 4 members (excludes halogenated alkanes) is 1. The van der Waals surface area contributed by atoms with E-state index in [2.05, 4.69) is 97.6 Å². The zero-order valence-corrected chi connectivity index (χ0v) is 20.9. The van der Waals surface area contributed by atoms with Crippen molar-refractivity contribution in [3.05, 3.63) is 101 Å². The molecule has 1 fully saturated rings. The molecule has 4 rings (SSSR count). The third kappa shape index (κ3) is 6.39. The first-order valence-corrected chi connectivity index (χ1v) is 13.1. The van der Waals surface area contributed by atoms with E-state index in [1.165, 1.54) is 72.2 Å². The molecular formula is C32H39NO. The summed E-state index contributed by atoms with van der Waals surface area (Å²) in [5.41, 5.74) is 7.94. The molecule has 1 heterocycles. The second kappa shape index (κ2) is 12.6. The van der Waals surface area contributed by atoms with Crippen LogP contribution in [0.4, 0.5) is 0 Å². The van der Waals surface area contributed by atoms with E-state index >= 15 is 0 Å². The molecule has 2 heteroatoms. The van der Waals surface area contributed by atoms with Crippen molar-refractivity contribution in [2.24, 2.45) is 0 Å². The molecular weight excluding hydrogens is 414 g/mol. The molecule has 34 heavy (non-hydrogen) atoms. The summed E-state index contributed by atoms with van der Waals surface area (Å²) in [6.45, 7) is 8.72. The van der Waals surface area contributed by atoms with Gasteiger partial charge in [-0.05, 0) is 90.7 Å². The van der Waals surface area contributed by atoms with Gasteiger partial charge in [0, 0.05) is 6.54 Å². The van der Waals surface area contributed by atoms with E-state index in [9.17, 15) is 0 Å². The number of nitrogens with zero attached hydrogens (tertiary/aromatic N) is 1. The van der Waals surface area contributed by atoms with Crippen molar-refractivity contribution in [2.45, 2.75) is 52.4 Å². The predicted molar refractivity (Wildman–Crippen MR) is 145 cm³/mol. The van der Waals surface area contributed by atoms with Gasteiger partial charge in [-0.25, -0.2) is 0 Å². The van der Waals surface area contributed by atoms with Crippen LogP contribution in [0.5, 0.6) is 5.75 Å². The zero-order valence-electron chi connectivity index (χ0n) is 20.9. The second-order valence-corrected chi connectivity index (χ2v) is 9.30. The highest BCUT2D eigenvalue weighted by molar-refractivity contribution is 5.98. The Kier molecular flexibility index (Phi) is 8.98. The predicted octanol–water partition coefficient (Wildman–Crippen LogP) is 7.87. The number of likely N-dealkylation sites (tertiary alicyclic amines) is 1. The van der Waals surface area contributed by atoms with E-state index in [-0.39, 0.29) is 0 Å². The molecule has 0 amide bonds. The molecule has 3 aromatic rings. The Balaban J connectivity index is 1.60. The zero-order chi connectivity index (χ0) is 23.6. The highest BCUT2D eigenvalue weighted by Crippen LogP contribution is 2.35. The number of rotatable bonds is 11. The topological polar surface area (TPSA) is 12.5 Å². The Bertz CT molecular complexity index is 1030. The number of allylic oxidation sites excluding steroid dienone is 1. The van der Waals surface area contributed by atoms with E-state index in [1.807, 2.05) is 0 Å². The first-order chi connectivity index (χ1) is 16.8. The Morgan fingerprint density at radius 3 is 2.03 bits per heavy atom. The average molecular weight is 454 g/mol. The minimum atomic E-state index is 0.755. The lowest BCUT2D eigenvalue weighted by molar-refractivity contribution is 0.238. The largest absolute Gasteiger partial charge is 0.492 e. The van der Waals surface area contributed by atoms with Crippen LogP contribution in [-0.2, 0) is 6.42 Å². The Hall–Kier alpha value is -2.84. The maximum atomic E-state index is 6.08. The van der Waals surface area contributed by atoms with E-state index in [1.54, 1.807) is 0 Å². The highest BCUT2D eigenvalue weighted by Gasteiger charge is 2.14. The minimum absolute atomic E-state index is 0.755. The second-order valence-electron chi connectivity index (χ2n) is 9.30. The monoisotopic (exact) mass is 453 g/mol. The van der Waals surface area contributed by atoms with E-state index in [4.69, 9.17) is 4.74 Å². The number of benzene rings is 3. The lowest BCUT2D eigenvalue weighted by atomic mass is 9.87. The molecule has 0 radical (unpaired) electrons. The van der Waals surface area contributed by atoms with Crippen molar-refractivity contribution in [1.29, 1.82) is 0 Å². The van der Waals surface area contributed by atoms with Gasteiger partial charge in [-0.3, -0.25) is 4.90 Å². The molecule has 3 aromatic carbocycles. The molecule has 0 spiro atoms. The van der Waals surface area contributed by atoms with Crippen molar-refractivity contribution in [1.82, 2.24) is 4.90 Å². The fourth-order valence-electron chi connectivity index (χ4n) is 4.92. The molecule has 0 saturated carbocycles. The quantitative estimate of drug-likeness (QED) is 0.274. The van der Waals surface area contributed by atoms with Crippen molar-refractivity contribution in [2.75, 3.05) is 26.2 Å². The van der Waals surface area contributed by atoms with Crippen LogP contribution >= 0.6 is 0 Å². The van der Waals surface area contributed by atoms with E-state index in [0.717, 1.165) is 31.7 Å². The summed E-state index contributed by atoms with van der Waals surface area (Å²) in [6, 6.07) is 28.7. The summed E-state index contributed by atoms with van der Waals surface area (Å²) >= 11 is 0. The van der Waals surface area contributed by atoms with Crippen LogP contribution in [0, 0.1) is 0 Å². The molecule has 178 valence electrons. The van der Waals surface area contributed by atoms with Gasteiger partial charge >= 0.3 is 0 Å². The number of hydrogen-bond donors (Lipinski definition) is 0. The molecule has 1 aliphatic rings. The van der Waals surface area contributed by atoms with Crippen molar-refractivity contribution in [3.8, 4) is 5.75 Å². The van der Waals surface area contributed by atoms with Gasteiger partial charge in [0.1, 0.15) is 12.4 Å². The number of aryl methyl sites for hydroxylation is 1. The molecule has 2 nitrogen and oxygen atoms in total. The molecule has 0 unspecified atom stereocenters. The fourth-order valence-corrected chi connectivity index (χ4v) is 4.92. The molecule has 0 atom stereocenters. The summed E-state index contributed by atoms with van der Waals surface area (Å²) in [7, 11) is 0. The normalized spacial score (nSPS) is 14.8. The number of hydrogen-bond acceptors (Lipinski definition) is 2. The van der Waals surface area contributed by atoms with Crippen LogP contribution in [0.15, 0.2) is 78.9 Å². The van der Waals surface area contributed by atoms with Gasteiger partial charge in [0.05, 0.1) is 0 Å². The summed E-state index contributed by atoms with van der Waals surface area (Å²) in [5, 5.41) is 0. The summed E-state index contributed by atoms with van der Waals surface area (Å²) in [5.74, 6) is 0.954. The third-order valence-corrected chi connectivity index (χ3v) is 6.86. The molecule has 0 aromatic heterocycles. The minimum Gasteiger partial charge on any atom is -0.492 e. The van der Waals surface area contributed by atoms with Crippen LogP contribution in [0.3, 0.4) is 0 Å². The molecule has 0 bridgehead atoms.